The summed E-state index contributed by atoms with van der Waals surface area (Å²) in [5.41, 5.74) is 3.09. The predicted octanol–water partition coefficient (Wildman–Crippen LogP) is 4.97. The van der Waals surface area contributed by atoms with Crippen LogP contribution in [0.25, 0.3) is 17.2 Å². The molecule has 0 aliphatic rings. The van der Waals surface area contributed by atoms with Gasteiger partial charge in [-0.2, -0.15) is 0 Å². The van der Waals surface area contributed by atoms with E-state index in [-0.39, 0.29) is 11.1 Å². The quantitative estimate of drug-likeness (QED) is 0.567. The first-order valence-corrected chi connectivity index (χ1v) is 9.17. The van der Waals surface area contributed by atoms with Gasteiger partial charge in [0.05, 0.1) is 0 Å². The summed E-state index contributed by atoms with van der Waals surface area (Å²) in [7, 11) is 0. The second kappa shape index (κ2) is 9.13. The lowest BCUT2D eigenvalue weighted by atomic mass is 9.98. The van der Waals surface area contributed by atoms with Gasteiger partial charge in [0.25, 0.3) is 5.91 Å². The smallest absolute Gasteiger partial charge is 0.328 e. The van der Waals surface area contributed by atoms with Crippen LogP contribution in [0.2, 0.25) is 0 Å². The Bertz CT molecular complexity index is 1120. The van der Waals surface area contributed by atoms with E-state index in [0.717, 1.165) is 29.3 Å². The third kappa shape index (κ3) is 5.38. The standard InChI is InChI=1S/C24H19F2NO3/c1-15-2-4-16(5-3-15)14-27-24(30)19-11-17(6-9-23(28)29)10-18(12-19)21-8-7-20(25)13-22(21)26/h2-13H,14H2,1H3,(H,27,30)(H,28,29)/b9-6+. The summed E-state index contributed by atoms with van der Waals surface area (Å²) < 4.78 is 27.5. The summed E-state index contributed by atoms with van der Waals surface area (Å²) in [6, 6.07) is 15.4. The van der Waals surface area contributed by atoms with E-state index in [9.17, 15) is 18.4 Å². The molecule has 152 valence electrons. The second-order valence-corrected chi connectivity index (χ2v) is 6.81. The molecule has 0 saturated heterocycles. The van der Waals surface area contributed by atoms with Gasteiger partial charge in [-0.3, -0.25) is 4.79 Å². The monoisotopic (exact) mass is 407 g/mol. The Hall–Kier alpha value is -3.80. The van der Waals surface area contributed by atoms with Crippen molar-refractivity contribution in [3.05, 3.63) is 101 Å². The molecule has 0 saturated carbocycles. The maximum Gasteiger partial charge on any atom is 0.328 e. The van der Waals surface area contributed by atoms with Gasteiger partial charge >= 0.3 is 5.97 Å². The summed E-state index contributed by atoms with van der Waals surface area (Å²) in [4.78, 5) is 23.5. The summed E-state index contributed by atoms with van der Waals surface area (Å²) in [6.45, 7) is 2.27. The number of halogens is 2. The highest BCUT2D eigenvalue weighted by Gasteiger charge is 2.12. The highest BCUT2D eigenvalue weighted by atomic mass is 19.1. The minimum absolute atomic E-state index is 0.106. The largest absolute Gasteiger partial charge is 0.478 e. The Morgan fingerprint density at radius 2 is 1.73 bits per heavy atom. The van der Waals surface area contributed by atoms with Gasteiger partial charge in [-0.15, -0.1) is 0 Å². The van der Waals surface area contributed by atoms with E-state index >= 15 is 0 Å². The fourth-order valence-electron chi connectivity index (χ4n) is 2.92. The van der Waals surface area contributed by atoms with E-state index in [1.165, 1.54) is 30.3 Å². The summed E-state index contributed by atoms with van der Waals surface area (Å²) in [5, 5.41) is 11.7. The highest BCUT2D eigenvalue weighted by molar-refractivity contribution is 5.96. The number of carboxylic acids is 1. The maximum absolute atomic E-state index is 14.3. The third-order valence-corrected chi connectivity index (χ3v) is 4.45. The van der Waals surface area contributed by atoms with Crippen LogP contribution in [-0.2, 0) is 11.3 Å². The molecule has 3 rings (SSSR count). The minimum Gasteiger partial charge on any atom is -0.478 e. The van der Waals surface area contributed by atoms with Gasteiger partial charge in [-0.1, -0.05) is 29.8 Å². The Labute approximate surface area is 172 Å². The predicted molar refractivity (Wildman–Crippen MR) is 111 cm³/mol. The van der Waals surface area contributed by atoms with Crippen molar-refractivity contribution in [2.24, 2.45) is 0 Å². The molecule has 0 aliphatic carbocycles. The van der Waals surface area contributed by atoms with Crippen LogP contribution in [0, 0.1) is 18.6 Å². The number of amides is 1. The zero-order valence-electron chi connectivity index (χ0n) is 16.2. The Morgan fingerprint density at radius 3 is 2.40 bits per heavy atom. The molecular weight excluding hydrogens is 388 g/mol. The number of rotatable bonds is 6. The van der Waals surface area contributed by atoms with E-state index in [0.29, 0.717) is 17.7 Å². The van der Waals surface area contributed by atoms with Crippen LogP contribution in [-0.4, -0.2) is 17.0 Å². The van der Waals surface area contributed by atoms with E-state index in [1.807, 2.05) is 31.2 Å². The Kier molecular flexibility index (Phi) is 6.37. The molecule has 0 aliphatic heterocycles. The van der Waals surface area contributed by atoms with Crippen LogP contribution >= 0.6 is 0 Å². The molecule has 4 nitrogen and oxygen atoms in total. The fourth-order valence-corrected chi connectivity index (χ4v) is 2.92. The molecular formula is C24H19F2NO3. The van der Waals surface area contributed by atoms with Gasteiger partial charge in [0.1, 0.15) is 11.6 Å². The molecule has 30 heavy (non-hydrogen) atoms. The zero-order valence-corrected chi connectivity index (χ0v) is 16.2. The summed E-state index contributed by atoms with van der Waals surface area (Å²) >= 11 is 0. The molecule has 0 heterocycles. The Morgan fingerprint density at radius 1 is 1.00 bits per heavy atom. The lowest BCUT2D eigenvalue weighted by molar-refractivity contribution is -0.131. The fraction of sp³-hybridized carbons (Fsp3) is 0.0833. The van der Waals surface area contributed by atoms with Crippen molar-refractivity contribution in [1.29, 1.82) is 0 Å². The number of carboxylic acid groups (broad SMARTS) is 1. The van der Waals surface area contributed by atoms with Crippen molar-refractivity contribution in [3.63, 3.8) is 0 Å². The number of benzene rings is 3. The summed E-state index contributed by atoms with van der Waals surface area (Å²) in [6.07, 6.45) is 2.23. The number of hydrogen-bond acceptors (Lipinski definition) is 2. The first kappa shape index (κ1) is 20.9. The van der Waals surface area contributed by atoms with Crippen LogP contribution in [0.3, 0.4) is 0 Å². The lowest BCUT2D eigenvalue weighted by Gasteiger charge is -2.10. The van der Waals surface area contributed by atoms with Crippen LogP contribution in [0.4, 0.5) is 8.78 Å². The third-order valence-electron chi connectivity index (χ3n) is 4.45. The highest BCUT2D eigenvalue weighted by Crippen LogP contribution is 2.26. The topological polar surface area (TPSA) is 66.4 Å². The van der Waals surface area contributed by atoms with Crippen molar-refractivity contribution in [3.8, 4) is 11.1 Å². The van der Waals surface area contributed by atoms with Crippen LogP contribution < -0.4 is 5.32 Å². The van der Waals surface area contributed by atoms with Crippen LogP contribution in [0.15, 0.2) is 66.7 Å². The molecule has 0 aromatic heterocycles. The van der Waals surface area contributed by atoms with Gasteiger partial charge in [0.15, 0.2) is 0 Å². The molecule has 1 amide bonds. The van der Waals surface area contributed by atoms with Gasteiger partial charge in [0.2, 0.25) is 0 Å². The normalized spacial score (nSPS) is 10.9. The van der Waals surface area contributed by atoms with E-state index < -0.39 is 23.5 Å². The number of nitrogens with one attached hydrogen (secondary N) is 1. The molecule has 0 radical (unpaired) electrons. The van der Waals surface area contributed by atoms with Crippen LogP contribution in [0.1, 0.15) is 27.0 Å². The van der Waals surface area contributed by atoms with Crippen molar-refractivity contribution < 1.29 is 23.5 Å². The van der Waals surface area contributed by atoms with E-state index in [1.54, 1.807) is 0 Å². The number of aliphatic carboxylic acids is 1. The molecule has 3 aromatic rings. The van der Waals surface area contributed by atoms with E-state index in [4.69, 9.17) is 5.11 Å². The number of aryl methyl sites for hydroxylation is 1. The van der Waals surface area contributed by atoms with Crippen molar-refractivity contribution in [1.82, 2.24) is 5.32 Å². The van der Waals surface area contributed by atoms with Gasteiger partial charge in [0, 0.05) is 29.8 Å². The second-order valence-electron chi connectivity index (χ2n) is 6.81. The molecule has 0 unspecified atom stereocenters. The van der Waals surface area contributed by atoms with Crippen molar-refractivity contribution in [2.45, 2.75) is 13.5 Å². The number of carbonyl (C=O) groups is 2. The average Bonchev–Trinajstić information content (AvgIpc) is 2.71. The number of hydrogen-bond donors (Lipinski definition) is 2. The van der Waals surface area contributed by atoms with Crippen LogP contribution in [0.5, 0.6) is 0 Å². The molecule has 3 aromatic carbocycles. The first-order chi connectivity index (χ1) is 14.3. The minimum atomic E-state index is -1.15. The average molecular weight is 407 g/mol. The first-order valence-electron chi connectivity index (χ1n) is 9.17. The van der Waals surface area contributed by atoms with Gasteiger partial charge in [-0.25, -0.2) is 13.6 Å². The molecule has 0 atom stereocenters. The molecule has 0 spiro atoms. The summed E-state index contributed by atoms with van der Waals surface area (Å²) in [5.74, 6) is -3.04. The molecule has 0 bridgehead atoms. The van der Waals surface area contributed by atoms with Gasteiger partial charge < -0.3 is 10.4 Å². The maximum atomic E-state index is 14.3. The Balaban J connectivity index is 1.93. The van der Waals surface area contributed by atoms with Crippen molar-refractivity contribution in [2.75, 3.05) is 0 Å². The number of carbonyl (C=O) groups excluding carboxylic acids is 1. The molecule has 6 heteroatoms. The molecule has 2 N–H and O–H groups in total. The molecule has 0 fully saturated rings. The van der Waals surface area contributed by atoms with Gasteiger partial charge in [-0.05, 0) is 60.0 Å². The lowest BCUT2D eigenvalue weighted by Crippen LogP contribution is -2.22. The zero-order chi connectivity index (χ0) is 21.7. The SMILES string of the molecule is Cc1ccc(CNC(=O)c2cc(/C=C/C(=O)O)cc(-c3ccc(F)cc3F)c2)cc1. The van der Waals surface area contributed by atoms with E-state index in [2.05, 4.69) is 5.32 Å². The van der Waals surface area contributed by atoms with Crippen molar-refractivity contribution >= 4 is 18.0 Å².